The summed E-state index contributed by atoms with van der Waals surface area (Å²) >= 11 is 5.76. The molecule has 0 heterocycles. The number of amides is 1. The summed E-state index contributed by atoms with van der Waals surface area (Å²) in [7, 11) is -3.22. The fourth-order valence-corrected chi connectivity index (χ4v) is 2.08. The minimum Gasteiger partial charge on any atom is -0.352 e. The molecule has 100 valence electrons. The topological polar surface area (TPSA) is 63.2 Å². The molecule has 0 saturated carbocycles. The molecular formula is C12H16ClNO3S. The van der Waals surface area contributed by atoms with E-state index in [0.29, 0.717) is 18.5 Å². The van der Waals surface area contributed by atoms with E-state index >= 15 is 0 Å². The van der Waals surface area contributed by atoms with E-state index in [-0.39, 0.29) is 16.2 Å². The van der Waals surface area contributed by atoms with Crippen LogP contribution in [0.4, 0.5) is 0 Å². The molecule has 0 aliphatic rings. The van der Waals surface area contributed by atoms with Crippen LogP contribution >= 0.6 is 11.6 Å². The Bertz CT molecular complexity index is 509. The predicted molar refractivity (Wildman–Crippen MR) is 71.8 cm³/mol. The second kappa shape index (κ2) is 6.20. The van der Waals surface area contributed by atoms with Gasteiger partial charge in [0.1, 0.15) is 0 Å². The van der Waals surface area contributed by atoms with Gasteiger partial charge in [-0.2, -0.15) is 0 Å². The van der Waals surface area contributed by atoms with Crippen LogP contribution in [-0.4, -0.2) is 32.5 Å². The average molecular weight is 290 g/mol. The first-order valence-electron chi connectivity index (χ1n) is 5.53. The van der Waals surface area contributed by atoms with E-state index in [1.165, 1.54) is 24.3 Å². The first-order valence-corrected chi connectivity index (χ1v) is 7.86. The highest BCUT2D eigenvalue weighted by Crippen LogP contribution is 2.10. The van der Waals surface area contributed by atoms with E-state index in [1.807, 2.05) is 6.92 Å². The van der Waals surface area contributed by atoms with Gasteiger partial charge in [0.05, 0.1) is 4.90 Å². The van der Waals surface area contributed by atoms with Gasteiger partial charge in [0, 0.05) is 23.7 Å². The van der Waals surface area contributed by atoms with Crippen molar-refractivity contribution >= 4 is 27.3 Å². The van der Waals surface area contributed by atoms with Gasteiger partial charge < -0.3 is 5.32 Å². The number of sulfone groups is 1. The van der Waals surface area contributed by atoms with Crippen LogP contribution in [0.3, 0.4) is 0 Å². The van der Waals surface area contributed by atoms with Crippen LogP contribution in [0.2, 0.25) is 0 Å². The summed E-state index contributed by atoms with van der Waals surface area (Å²) in [5.74, 6) is -0.229. The van der Waals surface area contributed by atoms with Gasteiger partial charge in [0.2, 0.25) is 0 Å². The minimum atomic E-state index is -3.22. The molecule has 4 nitrogen and oxygen atoms in total. The maximum absolute atomic E-state index is 11.7. The molecule has 0 fully saturated rings. The molecule has 1 amide bonds. The summed E-state index contributed by atoms with van der Waals surface area (Å²) in [6.45, 7) is 2.35. The number of hydrogen-bond donors (Lipinski definition) is 1. The predicted octanol–water partition coefficient (Wildman–Crippen LogP) is 1.84. The largest absolute Gasteiger partial charge is 0.352 e. The van der Waals surface area contributed by atoms with Crippen molar-refractivity contribution in [2.24, 2.45) is 0 Å². The number of halogens is 1. The Balaban J connectivity index is 2.65. The van der Waals surface area contributed by atoms with E-state index in [1.54, 1.807) is 0 Å². The molecule has 1 atom stereocenters. The zero-order valence-electron chi connectivity index (χ0n) is 10.3. The number of carbonyl (C=O) groups is 1. The maximum atomic E-state index is 11.7. The smallest absolute Gasteiger partial charge is 0.251 e. The van der Waals surface area contributed by atoms with Gasteiger partial charge in [0.15, 0.2) is 9.84 Å². The first-order chi connectivity index (χ1) is 8.30. The summed E-state index contributed by atoms with van der Waals surface area (Å²) in [6, 6.07) is 5.84. The minimum absolute atomic E-state index is 0.0120. The summed E-state index contributed by atoms with van der Waals surface area (Å²) in [5.41, 5.74) is 0.435. The molecule has 0 aliphatic heterocycles. The summed E-state index contributed by atoms with van der Waals surface area (Å²) in [5, 5.41) is 2.73. The van der Waals surface area contributed by atoms with Gasteiger partial charge in [-0.1, -0.05) is 0 Å². The molecule has 1 aromatic carbocycles. The Morgan fingerprint density at radius 2 is 1.89 bits per heavy atom. The normalized spacial score (nSPS) is 13.1. The molecule has 0 aliphatic carbocycles. The van der Waals surface area contributed by atoms with E-state index in [4.69, 9.17) is 11.6 Å². The molecule has 1 unspecified atom stereocenters. The Kier molecular flexibility index (Phi) is 5.16. The van der Waals surface area contributed by atoms with Gasteiger partial charge in [-0.3, -0.25) is 4.79 Å². The van der Waals surface area contributed by atoms with E-state index in [9.17, 15) is 13.2 Å². The van der Waals surface area contributed by atoms with Crippen LogP contribution in [-0.2, 0) is 9.84 Å². The number of benzene rings is 1. The summed E-state index contributed by atoms with van der Waals surface area (Å²) in [6.07, 6.45) is 1.82. The third kappa shape index (κ3) is 4.66. The van der Waals surface area contributed by atoms with Gasteiger partial charge >= 0.3 is 0 Å². The Morgan fingerprint density at radius 1 is 1.33 bits per heavy atom. The van der Waals surface area contributed by atoms with Crippen LogP contribution in [0.5, 0.6) is 0 Å². The standard InChI is InChI=1S/C12H16ClNO3S/c1-9(13)7-8-14-12(15)10-3-5-11(6-4-10)18(2,16)17/h3-6,9H,7-8H2,1-2H3,(H,14,15). The molecule has 18 heavy (non-hydrogen) atoms. The molecule has 0 bridgehead atoms. The lowest BCUT2D eigenvalue weighted by molar-refractivity contribution is 0.0953. The number of nitrogens with one attached hydrogen (secondary N) is 1. The van der Waals surface area contributed by atoms with Gasteiger partial charge in [-0.25, -0.2) is 8.42 Å². The lowest BCUT2D eigenvalue weighted by atomic mass is 10.2. The van der Waals surface area contributed by atoms with Gasteiger partial charge in [-0.15, -0.1) is 11.6 Å². The Hall–Kier alpha value is -1.07. The van der Waals surface area contributed by atoms with Gasteiger partial charge in [0.25, 0.3) is 5.91 Å². The lowest BCUT2D eigenvalue weighted by Gasteiger charge is -2.06. The lowest BCUT2D eigenvalue weighted by Crippen LogP contribution is -2.25. The number of hydrogen-bond acceptors (Lipinski definition) is 3. The van der Waals surface area contributed by atoms with Crippen LogP contribution in [0.25, 0.3) is 0 Å². The van der Waals surface area contributed by atoms with Crippen LogP contribution in [0.15, 0.2) is 29.2 Å². The molecule has 6 heteroatoms. The second-order valence-electron chi connectivity index (χ2n) is 4.12. The van der Waals surface area contributed by atoms with Crippen molar-refractivity contribution < 1.29 is 13.2 Å². The van der Waals surface area contributed by atoms with Crippen molar-refractivity contribution in [1.29, 1.82) is 0 Å². The summed E-state index contributed by atoms with van der Waals surface area (Å²) < 4.78 is 22.5. The molecule has 1 N–H and O–H groups in total. The monoisotopic (exact) mass is 289 g/mol. The zero-order valence-corrected chi connectivity index (χ0v) is 11.9. The molecule has 0 aromatic heterocycles. The quantitative estimate of drug-likeness (QED) is 0.841. The molecular weight excluding hydrogens is 274 g/mol. The highest BCUT2D eigenvalue weighted by Gasteiger charge is 2.09. The molecule has 1 aromatic rings. The van der Waals surface area contributed by atoms with E-state index < -0.39 is 9.84 Å². The Labute approximate surface area is 112 Å². The van der Waals surface area contributed by atoms with E-state index in [2.05, 4.69) is 5.32 Å². The fraction of sp³-hybridized carbons (Fsp3) is 0.417. The van der Waals surface area contributed by atoms with Crippen LogP contribution < -0.4 is 5.32 Å². The van der Waals surface area contributed by atoms with E-state index in [0.717, 1.165) is 6.26 Å². The average Bonchev–Trinajstić information content (AvgIpc) is 2.27. The second-order valence-corrected chi connectivity index (χ2v) is 6.88. The van der Waals surface area contributed by atoms with Crippen molar-refractivity contribution in [1.82, 2.24) is 5.32 Å². The molecule has 0 radical (unpaired) electrons. The highest BCUT2D eigenvalue weighted by atomic mass is 35.5. The van der Waals surface area contributed by atoms with Crippen molar-refractivity contribution in [3.05, 3.63) is 29.8 Å². The number of carbonyl (C=O) groups excluding carboxylic acids is 1. The highest BCUT2D eigenvalue weighted by molar-refractivity contribution is 7.90. The van der Waals surface area contributed by atoms with Crippen molar-refractivity contribution in [3.8, 4) is 0 Å². The van der Waals surface area contributed by atoms with Crippen molar-refractivity contribution in [3.63, 3.8) is 0 Å². The third-order valence-electron chi connectivity index (χ3n) is 2.37. The fourth-order valence-electron chi connectivity index (χ4n) is 1.34. The Morgan fingerprint density at radius 3 is 2.33 bits per heavy atom. The molecule has 1 rings (SSSR count). The van der Waals surface area contributed by atoms with Gasteiger partial charge in [-0.05, 0) is 37.6 Å². The molecule has 0 saturated heterocycles. The summed E-state index contributed by atoms with van der Waals surface area (Å²) in [4.78, 5) is 11.9. The van der Waals surface area contributed by atoms with Crippen molar-refractivity contribution in [2.45, 2.75) is 23.6 Å². The zero-order chi connectivity index (χ0) is 13.8. The third-order valence-corrected chi connectivity index (χ3v) is 3.72. The van der Waals surface area contributed by atoms with Crippen LogP contribution in [0, 0.1) is 0 Å². The molecule has 0 spiro atoms. The number of rotatable bonds is 5. The maximum Gasteiger partial charge on any atom is 0.251 e. The first kappa shape index (κ1) is 15.0. The van der Waals surface area contributed by atoms with Crippen molar-refractivity contribution in [2.75, 3.05) is 12.8 Å². The SMILES string of the molecule is CC(Cl)CCNC(=O)c1ccc(S(C)(=O)=O)cc1. The number of alkyl halides is 1. The van der Waals surface area contributed by atoms with Crippen LogP contribution in [0.1, 0.15) is 23.7 Å².